The molecule has 0 aliphatic heterocycles. The van der Waals surface area contributed by atoms with Gasteiger partial charge in [0.2, 0.25) is 0 Å². The van der Waals surface area contributed by atoms with Gasteiger partial charge in [-0.2, -0.15) is 5.26 Å². The summed E-state index contributed by atoms with van der Waals surface area (Å²) in [5, 5.41) is 12.3. The van der Waals surface area contributed by atoms with E-state index >= 15 is 0 Å². The van der Waals surface area contributed by atoms with E-state index in [9.17, 15) is 5.26 Å². The van der Waals surface area contributed by atoms with Crippen LogP contribution >= 0.6 is 11.3 Å². The van der Waals surface area contributed by atoms with Gasteiger partial charge in [0.25, 0.3) is 0 Å². The van der Waals surface area contributed by atoms with E-state index in [1.165, 1.54) is 16.9 Å². The number of unbranched alkanes of at least 4 members (excludes halogenated alkanes) is 1. The van der Waals surface area contributed by atoms with Gasteiger partial charge in [-0.15, -0.1) is 11.3 Å². The maximum absolute atomic E-state index is 9.58. The Balaban J connectivity index is 1.77. The van der Waals surface area contributed by atoms with Gasteiger partial charge in [0, 0.05) is 10.9 Å². The summed E-state index contributed by atoms with van der Waals surface area (Å²) in [6.45, 7) is 4.94. The van der Waals surface area contributed by atoms with Crippen molar-refractivity contribution in [3.05, 3.63) is 70.0 Å². The molecule has 0 aliphatic rings. The molecule has 0 atom stereocenters. The lowest BCUT2D eigenvalue weighted by Gasteiger charge is -2.05. The SMILES string of the molecule is CCCCOc1ccc(/C=C(\C#N)c2nc(-c3ccc(C)cc3)cs2)cc1. The van der Waals surface area contributed by atoms with E-state index < -0.39 is 0 Å². The Labute approximate surface area is 164 Å². The van der Waals surface area contributed by atoms with Crippen LogP contribution in [0.15, 0.2) is 53.9 Å². The van der Waals surface area contributed by atoms with Crippen molar-refractivity contribution in [1.29, 1.82) is 5.26 Å². The Morgan fingerprint density at radius 3 is 2.56 bits per heavy atom. The number of rotatable bonds is 7. The summed E-state index contributed by atoms with van der Waals surface area (Å²) in [5.74, 6) is 0.856. The lowest BCUT2D eigenvalue weighted by atomic mass is 10.1. The van der Waals surface area contributed by atoms with Crippen molar-refractivity contribution in [3.63, 3.8) is 0 Å². The largest absolute Gasteiger partial charge is 0.494 e. The molecule has 0 aliphatic carbocycles. The third kappa shape index (κ3) is 5.06. The first-order valence-electron chi connectivity index (χ1n) is 9.07. The maximum atomic E-state index is 9.58. The van der Waals surface area contributed by atoms with Crippen LogP contribution in [0, 0.1) is 18.3 Å². The molecule has 0 unspecified atom stereocenters. The number of allylic oxidation sites excluding steroid dienone is 1. The second-order valence-electron chi connectivity index (χ2n) is 6.34. The van der Waals surface area contributed by atoms with Crippen LogP contribution in [0.4, 0.5) is 0 Å². The van der Waals surface area contributed by atoms with Gasteiger partial charge in [-0.1, -0.05) is 55.3 Å². The topological polar surface area (TPSA) is 45.9 Å². The second kappa shape index (κ2) is 9.16. The van der Waals surface area contributed by atoms with Gasteiger partial charge in [0.15, 0.2) is 0 Å². The minimum Gasteiger partial charge on any atom is -0.494 e. The molecule has 1 aromatic heterocycles. The van der Waals surface area contributed by atoms with Crippen molar-refractivity contribution < 1.29 is 4.74 Å². The highest BCUT2D eigenvalue weighted by molar-refractivity contribution is 7.11. The van der Waals surface area contributed by atoms with Gasteiger partial charge >= 0.3 is 0 Å². The lowest BCUT2D eigenvalue weighted by Crippen LogP contribution is -1.95. The number of aromatic nitrogens is 1. The molecule has 0 bridgehead atoms. The molecular formula is C23H22N2OS. The standard InChI is InChI=1S/C23H22N2OS/c1-3-4-13-26-21-11-7-18(8-12-21)14-20(15-24)23-25-22(16-27-23)19-9-5-17(2)6-10-19/h5-12,14,16H,3-4,13H2,1-2H3/b20-14+. The summed E-state index contributed by atoms with van der Waals surface area (Å²) in [6.07, 6.45) is 4.03. The Morgan fingerprint density at radius 2 is 1.89 bits per heavy atom. The van der Waals surface area contributed by atoms with E-state index in [2.05, 4.69) is 49.2 Å². The van der Waals surface area contributed by atoms with E-state index in [0.29, 0.717) is 5.57 Å². The zero-order valence-electron chi connectivity index (χ0n) is 15.6. The molecule has 27 heavy (non-hydrogen) atoms. The van der Waals surface area contributed by atoms with Crippen molar-refractivity contribution in [3.8, 4) is 23.1 Å². The summed E-state index contributed by atoms with van der Waals surface area (Å²) in [7, 11) is 0. The van der Waals surface area contributed by atoms with Crippen molar-refractivity contribution in [1.82, 2.24) is 4.98 Å². The Morgan fingerprint density at radius 1 is 1.15 bits per heavy atom. The summed E-state index contributed by atoms with van der Waals surface area (Å²) in [4.78, 5) is 4.65. The second-order valence-corrected chi connectivity index (χ2v) is 7.20. The zero-order chi connectivity index (χ0) is 19.1. The van der Waals surface area contributed by atoms with Crippen LogP contribution in [0.5, 0.6) is 5.75 Å². The summed E-state index contributed by atoms with van der Waals surface area (Å²) < 4.78 is 5.68. The fourth-order valence-electron chi connectivity index (χ4n) is 2.56. The first-order chi connectivity index (χ1) is 13.2. The van der Waals surface area contributed by atoms with Crippen LogP contribution in [-0.2, 0) is 0 Å². The lowest BCUT2D eigenvalue weighted by molar-refractivity contribution is 0.309. The van der Waals surface area contributed by atoms with E-state index in [0.717, 1.165) is 47.0 Å². The van der Waals surface area contributed by atoms with Crippen LogP contribution in [0.1, 0.15) is 35.9 Å². The number of aryl methyl sites for hydroxylation is 1. The third-order valence-electron chi connectivity index (χ3n) is 4.16. The number of hydrogen-bond acceptors (Lipinski definition) is 4. The molecule has 136 valence electrons. The highest BCUT2D eigenvalue weighted by Gasteiger charge is 2.09. The molecular weight excluding hydrogens is 352 g/mol. The van der Waals surface area contributed by atoms with Crippen LogP contribution in [0.3, 0.4) is 0 Å². The normalized spacial score (nSPS) is 11.2. The molecule has 4 heteroatoms. The molecule has 0 saturated heterocycles. The predicted molar refractivity (Wildman–Crippen MR) is 113 cm³/mol. The number of nitrogens with zero attached hydrogens (tertiary/aromatic N) is 2. The predicted octanol–water partition coefficient (Wildman–Crippen LogP) is 6.36. The van der Waals surface area contributed by atoms with Gasteiger partial charge in [0.1, 0.15) is 16.8 Å². The van der Waals surface area contributed by atoms with Crippen LogP contribution in [0.2, 0.25) is 0 Å². The molecule has 3 aromatic rings. The summed E-state index contributed by atoms with van der Waals surface area (Å²) >= 11 is 1.49. The van der Waals surface area contributed by atoms with Gasteiger partial charge < -0.3 is 4.74 Å². The van der Waals surface area contributed by atoms with Crippen molar-refractivity contribution in [2.45, 2.75) is 26.7 Å². The first-order valence-corrected chi connectivity index (χ1v) is 9.95. The average Bonchev–Trinajstić information content (AvgIpc) is 3.18. The molecule has 2 aromatic carbocycles. The Kier molecular flexibility index (Phi) is 6.40. The molecule has 0 amide bonds. The zero-order valence-corrected chi connectivity index (χ0v) is 16.4. The fraction of sp³-hybridized carbons (Fsp3) is 0.217. The van der Waals surface area contributed by atoms with Gasteiger partial charge in [0.05, 0.1) is 17.9 Å². The highest BCUT2D eigenvalue weighted by Crippen LogP contribution is 2.27. The molecule has 0 saturated carbocycles. The van der Waals surface area contributed by atoms with Crippen molar-refractivity contribution in [2.75, 3.05) is 6.61 Å². The van der Waals surface area contributed by atoms with Crippen LogP contribution in [0.25, 0.3) is 22.9 Å². The first kappa shape index (κ1) is 18.9. The van der Waals surface area contributed by atoms with E-state index in [1.807, 2.05) is 35.7 Å². The van der Waals surface area contributed by atoms with E-state index in [4.69, 9.17) is 4.74 Å². The van der Waals surface area contributed by atoms with E-state index in [1.54, 1.807) is 0 Å². The highest BCUT2D eigenvalue weighted by atomic mass is 32.1. The minimum absolute atomic E-state index is 0.568. The van der Waals surface area contributed by atoms with Crippen LogP contribution in [-0.4, -0.2) is 11.6 Å². The molecule has 0 spiro atoms. The molecule has 0 radical (unpaired) electrons. The number of hydrogen-bond donors (Lipinski definition) is 0. The van der Waals surface area contributed by atoms with Gasteiger partial charge in [-0.05, 0) is 37.1 Å². The smallest absolute Gasteiger partial charge is 0.134 e. The number of benzene rings is 2. The molecule has 3 nitrogen and oxygen atoms in total. The Bertz CT molecular complexity index is 947. The van der Waals surface area contributed by atoms with Crippen LogP contribution < -0.4 is 4.74 Å². The molecule has 0 N–H and O–H groups in total. The average molecular weight is 375 g/mol. The fourth-order valence-corrected chi connectivity index (χ4v) is 3.35. The third-order valence-corrected chi connectivity index (χ3v) is 5.04. The summed E-state index contributed by atoms with van der Waals surface area (Å²) in [6, 6.07) is 18.3. The monoisotopic (exact) mass is 374 g/mol. The number of thiazole rings is 1. The number of nitriles is 1. The van der Waals surface area contributed by atoms with Gasteiger partial charge in [-0.25, -0.2) is 4.98 Å². The molecule has 0 fully saturated rings. The Hall–Kier alpha value is -2.90. The van der Waals surface area contributed by atoms with Crippen molar-refractivity contribution >= 4 is 23.0 Å². The molecule has 1 heterocycles. The quantitative estimate of drug-likeness (QED) is 0.357. The van der Waals surface area contributed by atoms with Crippen molar-refractivity contribution in [2.24, 2.45) is 0 Å². The number of ether oxygens (including phenoxy) is 1. The summed E-state index contributed by atoms with van der Waals surface area (Å²) in [5.41, 5.74) is 4.71. The molecule has 3 rings (SSSR count). The maximum Gasteiger partial charge on any atom is 0.134 e. The van der Waals surface area contributed by atoms with Gasteiger partial charge in [-0.3, -0.25) is 0 Å². The minimum atomic E-state index is 0.568. The van der Waals surface area contributed by atoms with E-state index in [-0.39, 0.29) is 0 Å².